The number of hydrogen-bond acceptors (Lipinski definition) is 15. The molecule has 0 aliphatic heterocycles. The van der Waals surface area contributed by atoms with Crippen LogP contribution in [0.3, 0.4) is 0 Å². The summed E-state index contributed by atoms with van der Waals surface area (Å²) in [6.45, 7) is 7.52. The van der Waals surface area contributed by atoms with Crippen LogP contribution in [-0.2, 0) is 20.2 Å². The molecular formula is C52H42BaCl2N6O12S2. The third kappa shape index (κ3) is 13.7. The first-order chi connectivity index (χ1) is 35.2. The Morgan fingerprint density at radius 2 is 0.987 bits per heavy atom. The predicted molar refractivity (Wildman–Crippen MR) is 284 cm³/mol. The number of benzene rings is 8. The molecule has 380 valence electrons. The van der Waals surface area contributed by atoms with E-state index >= 15 is 0 Å². The number of phenolic OH excluding ortho intramolecular Hbond substituents is 1. The number of rotatable bonds is 14. The average molecular weight is 1220 g/mol. The number of amides is 2. The maximum Gasteiger partial charge on any atom is 2.00 e. The molecule has 0 unspecified atom stereocenters. The average Bonchev–Trinajstić information content (AvgIpc) is 3.35. The smallest absolute Gasteiger partial charge is 0.870 e. The fraction of sp³-hybridized carbons (Fsp3) is 0.115. The summed E-state index contributed by atoms with van der Waals surface area (Å²) in [5, 5.41) is 48.4. The fourth-order valence-corrected chi connectivity index (χ4v) is 9.38. The van der Waals surface area contributed by atoms with E-state index in [4.69, 9.17) is 32.7 Å². The van der Waals surface area contributed by atoms with E-state index in [1.807, 2.05) is 13.8 Å². The monoisotopic (exact) mass is 1210 g/mol. The van der Waals surface area contributed by atoms with Gasteiger partial charge in [-0.05, 0) is 135 Å². The maximum atomic E-state index is 13.4. The summed E-state index contributed by atoms with van der Waals surface area (Å²) in [6, 6.07) is 34.9. The molecule has 23 heteroatoms. The molecule has 75 heavy (non-hydrogen) atoms. The van der Waals surface area contributed by atoms with Gasteiger partial charge in [-0.2, -0.15) is 13.5 Å². The van der Waals surface area contributed by atoms with Gasteiger partial charge in [-0.25, -0.2) is 8.42 Å². The van der Waals surface area contributed by atoms with Crippen LogP contribution in [0.4, 0.5) is 34.1 Å². The number of anilines is 2. The molecule has 0 heterocycles. The van der Waals surface area contributed by atoms with Crippen LogP contribution in [-0.4, -0.2) is 105 Å². The Kier molecular flexibility index (Phi) is 19.3. The Hall–Kier alpha value is -6.41. The Morgan fingerprint density at radius 1 is 0.587 bits per heavy atom. The molecule has 0 fully saturated rings. The van der Waals surface area contributed by atoms with Crippen molar-refractivity contribution in [2.45, 2.75) is 37.5 Å². The Bertz CT molecular complexity index is 3530. The SMILES string of the molecule is CCOc1ccc(NC(=O)c2cc3ccccc3c(N=Nc3c(Cl)ccc(S(=O)(=O)O)c3C)c2O)cc1.CCOc1ccc(NC(=O)c2cc3ccccc3c(N=Nc3c(Cl)ccc(S(=O)(=O)[O-])c3C)c2[O-])cc1.[Ba+2]. The normalized spacial score (nSPS) is 11.5. The zero-order valence-electron chi connectivity index (χ0n) is 40.2. The topological polar surface area (TPSA) is 281 Å². The van der Waals surface area contributed by atoms with Gasteiger partial charge in [0, 0.05) is 27.7 Å². The molecule has 8 aromatic carbocycles. The maximum absolute atomic E-state index is 13.4. The number of hydrogen-bond donors (Lipinski definition) is 4. The number of carbonyl (C=O) groups is 2. The van der Waals surface area contributed by atoms with Gasteiger partial charge in [0.25, 0.3) is 21.9 Å². The van der Waals surface area contributed by atoms with Crippen molar-refractivity contribution in [3.63, 3.8) is 0 Å². The van der Waals surface area contributed by atoms with Gasteiger partial charge in [0.15, 0.2) is 5.75 Å². The molecule has 0 atom stereocenters. The van der Waals surface area contributed by atoms with Crippen LogP contribution in [0.1, 0.15) is 45.7 Å². The quantitative estimate of drug-likeness (QED) is 0.0449. The van der Waals surface area contributed by atoms with Gasteiger partial charge >= 0.3 is 48.9 Å². The first-order valence-electron chi connectivity index (χ1n) is 22.1. The van der Waals surface area contributed by atoms with Crippen molar-refractivity contribution in [1.82, 2.24) is 0 Å². The third-order valence-electron chi connectivity index (χ3n) is 11.0. The molecule has 0 saturated carbocycles. The van der Waals surface area contributed by atoms with Crippen LogP contribution < -0.4 is 25.2 Å². The van der Waals surface area contributed by atoms with Crippen molar-refractivity contribution in [2.24, 2.45) is 20.5 Å². The van der Waals surface area contributed by atoms with Crippen LogP contribution in [0.5, 0.6) is 23.0 Å². The number of fused-ring (bicyclic) bond motifs is 2. The number of carbonyl (C=O) groups excluding carboxylic acids is 2. The zero-order valence-corrected chi connectivity index (χ0v) is 47.7. The minimum Gasteiger partial charge on any atom is -0.870 e. The van der Waals surface area contributed by atoms with Gasteiger partial charge in [-0.15, -0.1) is 15.3 Å². The molecular weight excluding hydrogens is 1170 g/mol. The summed E-state index contributed by atoms with van der Waals surface area (Å²) >= 11 is 12.4. The zero-order chi connectivity index (χ0) is 53.5. The van der Waals surface area contributed by atoms with Crippen molar-refractivity contribution in [3.05, 3.63) is 166 Å². The van der Waals surface area contributed by atoms with Gasteiger partial charge in [0.1, 0.15) is 38.7 Å². The van der Waals surface area contributed by atoms with Crippen LogP contribution in [0, 0.1) is 13.8 Å². The van der Waals surface area contributed by atoms with Crippen molar-refractivity contribution in [2.75, 3.05) is 23.8 Å². The van der Waals surface area contributed by atoms with Gasteiger partial charge < -0.3 is 34.9 Å². The second kappa shape index (κ2) is 25.0. The minimum atomic E-state index is -4.79. The van der Waals surface area contributed by atoms with Crippen LogP contribution in [0.15, 0.2) is 164 Å². The molecule has 0 radical (unpaired) electrons. The fourth-order valence-electron chi connectivity index (χ4n) is 7.46. The summed E-state index contributed by atoms with van der Waals surface area (Å²) in [4.78, 5) is 25.3. The van der Waals surface area contributed by atoms with Crippen LogP contribution >= 0.6 is 23.2 Å². The molecule has 0 bridgehead atoms. The first kappa shape index (κ1) is 57.9. The van der Waals surface area contributed by atoms with Crippen molar-refractivity contribution in [1.29, 1.82) is 0 Å². The van der Waals surface area contributed by atoms with Crippen molar-refractivity contribution < 1.29 is 55.2 Å². The van der Waals surface area contributed by atoms with Crippen LogP contribution in [0.25, 0.3) is 21.5 Å². The summed E-state index contributed by atoms with van der Waals surface area (Å²) < 4.78 is 78.4. The predicted octanol–water partition coefficient (Wildman–Crippen LogP) is 12.3. The largest absolute Gasteiger partial charge is 2.00 e. The second-order valence-electron chi connectivity index (χ2n) is 15.9. The van der Waals surface area contributed by atoms with E-state index in [1.165, 1.54) is 38.1 Å². The third-order valence-corrected chi connectivity index (χ3v) is 13.6. The van der Waals surface area contributed by atoms with Crippen LogP contribution in [0.2, 0.25) is 10.0 Å². The number of aromatic hydroxyl groups is 1. The van der Waals surface area contributed by atoms with Gasteiger partial charge in [0.05, 0.1) is 44.3 Å². The van der Waals surface area contributed by atoms with E-state index in [1.54, 1.807) is 97.1 Å². The van der Waals surface area contributed by atoms with Crippen molar-refractivity contribution in [3.8, 4) is 23.0 Å². The first-order valence-corrected chi connectivity index (χ1v) is 25.7. The molecule has 0 aliphatic rings. The molecule has 0 saturated heterocycles. The molecule has 4 N–H and O–H groups in total. The number of nitrogens with zero attached hydrogens (tertiary/aromatic N) is 4. The minimum absolute atomic E-state index is 0. The van der Waals surface area contributed by atoms with E-state index in [0.29, 0.717) is 57.6 Å². The molecule has 0 aromatic heterocycles. The number of phenols is 1. The van der Waals surface area contributed by atoms with E-state index in [0.717, 1.165) is 12.1 Å². The molecule has 18 nitrogen and oxygen atoms in total. The van der Waals surface area contributed by atoms with Gasteiger partial charge in [0.2, 0.25) is 0 Å². The van der Waals surface area contributed by atoms with Crippen molar-refractivity contribution >= 4 is 160 Å². The standard InChI is InChI=1S/2C26H22ClN3O6S.Ba/c2*1-3-36-18-10-8-17(9-11-18)28-26(32)20-14-16-6-4-5-7-19(16)24(25(20)31)30-29-23-15(2)22(37(33,34)35)13-12-21(23)27;/h2*4-14,31H,3H2,1-2H3,(H,28,32)(H,33,34,35);/q;;+2/p-2. The number of nitrogens with one attached hydrogen (secondary N) is 2. The Morgan fingerprint density at radius 3 is 1.45 bits per heavy atom. The molecule has 8 rings (SSSR count). The summed E-state index contributed by atoms with van der Waals surface area (Å²) in [5.74, 6) is -1.04. The summed E-state index contributed by atoms with van der Waals surface area (Å²) in [6.07, 6.45) is 0. The number of halogens is 2. The Balaban J connectivity index is 0.000000241. The summed E-state index contributed by atoms with van der Waals surface area (Å²) in [7, 11) is -9.31. The van der Waals surface area contributed by atoms with E-state index in [-0.39, 0.29) is 109 Å². The summed E-state index contributed by atoms with van der Waals surface area (Å²) in [5.41, 5.74) is 0.575. The second-order valence-corrected chi connectivity index (χ2v) is 19.4. The number of azo groups is 2. The molecule has 0 aliphatic carbocycles. The molecule has 2 amide bonds. The number of ether oxygens (including phenoxy) is 2. The van der Waals surface area contributed by atoms with Gasteiger partial charge in [-0.3, -0.25) is 14.1 Å². The van der Waals surface area contributed by atoms with Gasteiger partial charge in [-0.1, -0.05) is 77.5 Å². The van der Waals surface area contributed by atoms with E-state index in [9.17, 15) is 45.7 Å². The molecule has 8 aromatic rings. The Labute approximate surface area is 481 Å². The molecule has 0 spiro atoms. The van der Waals surface area contributed by atoms with E-state index in [2.05, 4.69) is 31.1 Å². The van der Waals surface area contributed by atoms with E-state index < -0.39 is 48.4 Å².